The Morgan fingerprint density at radius 1 is 1.55 bits per heavy atom. The van der Waals surface area contributed by atoms with E-state index in [1.807, 2.05) is 0 Å². The van der Waals surface area contributed by atoms with Crippen LogP contribution in [0.3, 0.4) is 0 Å². The minimum Gasteiger partial charge on any atom is -0.338 e. The first-order valence-electron chi connectivity index (χ1n) is 3.93. The van der Waals surface area contributed by atoms with Crippen LogP contribution in [0.5, 0.6) is 0 Å². The van der Waals surface area contributed by atoms with E-state index in [1.165, 1.54) is 0 Å². The van der Waals surface area contributed by atoms with E-state index in [-0.39, 0.29) is 6.03 Å². The van der Waals surface area contributed by atoms with Gasteiger partial charge in [-0.3, -0.25) is 0 Å². The van der Waals surface area contributed by atoms with E-state index in [0.717, 1.165) is 19.3 Å². The summed E-state index contributed by atoms with van der Waals surface area (Å²) in [6.07, 6.45) is 3.09. The Balaban J connectivity index is 1.92. The summed E-state index contributed by atoms with van der Waals surface area (Å²) in [6, 6.07) is 0.378. The van der Waals surface area contributed by atoms with Crippen LogP contribution in [0.25, 0.3) is 0 Å². The smallest absolute Gasteiger partial charge is 0.315 e. The lowest BCUT2D eigenvalue weighted by Crippen LogP contribution is -2.37. The summed E-state index contributed by atoms with van der Waals surface area (Å²) >= 11 is 5.43. The van der Waals surface area contributed by atoms with Crippen molar-refractivity contribution in [1.29, 1.82) is 0 Å². The SMILES string of the molecule is O=C(NCCCCl)NC1CC1. The summed E-state index contributed by atoms with van der Waals surface area (Å²) in [5, 5.41) is 5.54. The van der Waals surface area contributed by atoms with Crippen molar-refractivity contribution >= 4 is 17.6 Å². The normalized spacial score (nSPS) is 16.1. The van der Waals surface area contributed by atoms with Crippen molar-refractivity contribution < 1.29 is 4.79 Å². The summed E-state index contributed by atoms with van der Waals surface area (Å²) in [7, 11) is 0. The number of rotatable bonds is 4. The number of amides is 2. The Kier molecular flexibility index (Phi) is 3.49. The van der Waals surface area contributed by atoms with E-state index in [1.54, 1.807) is 0 Å². The first kappa shape index (κ1) is 8.65. The van der Waals surface area contributed by atoms with Crippen LogP contribution in [0.1, 0.15) is 19.3 Å². The molecule has 0 saturated heterocycles. The van der Waals surface area contributed by atoms with Crippen LogP contribution >= 0.6 is 11.6 Å². The maximum atomic E-state index is 10.9. The topological polar surface area (TPSA) is 41.1 Å². The van der Waals surface area contributed by atoms with Crippen LogP contribution < -0.4 is 10.6 Å². The number of urea groups is 1. The van der Waals surface area contributed by atoms with E-state index in [9.17, 15) is 4.79 Å². The lowest BCUT2D eigenvalue weighted by Gasteiger charge is -2.04. The predicted octanol–water partition coefficient (Wildman–Crippen LogP) is 1.08. The Labute approximate surface area is 71.5 Å². The zero-order valence-electron chi connectivity index (χ0n) is 6.40. The van der Waals surface area contributed by atoms with Crippen LogP contribution in [0.2, 0.25) is 0 Å². The van der Waals surface area contributed by atoms with Crippen molar-refractivity contribution in [3.05, 3.63) is 0 Å². The van der Waals surface area contributed by atoms with Crippen molar-refractivity contribution in [2.45, 2.75) is 25.3 Å². The van der Waals surface area contributed by atoms with Crippen molar-refractivity contribution in [1.82, 2.24) is 10.6 Å². The highest BCUT2D eigenvalue weighted by Crippen LogP contribution is 2.18. The van der Waals surface area contributed by atoms with Crippen LogP contribution in [0.15, 0.2) is 0 Å². The molecule has 2 N–H and O–H groups in total. The van der Waals surface area contributed by atoms with Gasteiger partial charge in [0.05, 0.1) is 0 Å². The van der Waals surface area contributed by atoms with Crippen LogP contribution in [-0.2, 0) is 0 Å². The molecule has 4 heteroatoms. The molecule has 0 unspecified atom stereocenters. The van der Waals surface area contributed by atoms with Gasteiger partial charge in [-0.15, -0.1) is 11.6 Å². The van der Waals surface area contributed by atoms with E-state index in [2.05, 4.69) is 10.6 Å². The van der Waals surface area contributed by atoms with Gasteiger partial charge in [-0.2, -0.15) is 0 Å². The number of hydrogen-bond donors (Lipinski definition) is 2. The molecular weight excluding hydrogens is 164 g/mol. The first-order chi connectivity index (χ1) is 5.33. The molecule has 2 amide bonds. The molecule has 1 aliphatic rings. The first-order valence-corrected chi connectivity index (χ1v) is 4.46. The summed E-state index contributed by atoms with van der Waals surface area (Å²) in [4.78, 5) is 10.9. The largest absolute Gasteiger partial charge is 0.338 e. The molecule has 1 saturated carbocycles. The fourth-order valence-corrected chi connectivity index (χ4v) is 0.866. The van der Waals surface area contributed by atoms with E-state index >= 15 is 0 Å². The number of halogens is 1. The van der Waals surface area contributed by atoms with Crippen LogP contribution in [-0.4, -0.2) is 24.5 Å². The highest BCUT2D eigenvalue weighted by atomic mass is 35.5. The predicted molar refractivity (Wildman–Crippen MR) is 44.9 cm³/mol. The van der Waals surface area contributed by atoms with Gasteiger partial charge in [-0.05, 0) is 19.3 Å². The van der Waals surface area contributed by atoms with Gasteiger partial charge in [-0.1, -0.05) is 0 Å². The molecule has 0 atom stereocenters. The molecule has 1 aliphatic carbocycles. The summed E-state index contributed by atoms with van der Waals surface area (Å²) < 4.78 is 0. The second-order valence-electron chi connectivity index (χ2n) is 2.72. The molecule has 3 nitrogen and oxygen atoms in total. The van der Waals surface area contributed by atoms with E-state index in [0.29, 0.717) is 18.5 Å². The third-order valence-electron chi connectivity index (χ3n) is 1.51. The van der Waals surface area contributed by atoms with E-state index < -0.39 is 0 Å². The average molecular weight is 177 g/mol. The van der Waals surface area contributed by atoms with Gasteiger partial charge < -0.3 is 10.6 Å². The average Bonchev–Trinajstić information content (AvgIpc) is 2.72. The summed E-state index contributed by atoms with van der Waals surface area (Å²) in [5.41, 5.74) is 0. The van der Waals surface area contributed by atoms with E-state index in [4.69, 9.17) is 11.6 Å². The molecule has 1 rings (SSSR count). The molecule has 0 spiro atoms. The quantitative estimate of drug-likeness (QED) is 0.489. The van der Waals surface area contributed by atoms with Crippen molar-refractivity contribution in [3.8, 4) is 0 Å². The summed E-state index contributed by atoms with van der Waals surface area (Å²) in [5.74, 6) is 0.601. The zero-order chi connectivity index (χ0) is 8.10. The Bertz CT molecular complexity index is 136. The van der Waals surface area contributed by atoms with Crippen molar-refractivity contribution in [2.24, 2.45) is 0 Å². The molecule has 0 aromatic heterocycles. The van der Waals surface area contributed by atoms with Crippen molar-refractivity contribution in [2.75, 3.05) is 12.4 Å². The Hall–Kier alpha value is -0.440. The molecule has 0 aromatic rings. The van der Waals surface area contributed by atoms with Gasteiger partial charge in [0.25, 0.3) is 0 Å². The molecule has 0 aromatic carbocycles. The van der Waals surface area contributed by atoms with Gasteiger partial charge >= 0.3 is 6.03 Å². The number of hydrogen-bond acceptors (Lipinski definition) is 1. The molecule has 0 aliphatic heterocycles. The minimum atomic E-state index is -0.0578. The van der Waals surface area contributed by atoms with Gasteiger partial charge in [-0.25, -0.2) is 4.79 Å². The minimum absolute atomic E-state index is 0.0578. The number of alkyl halides is 1. The standard InChI is InChI=1S/C7H13ClN2O/c8-4-1-5-9-7(11)10-6-2-3-6/h6H,1-5H2,(H2,9,10,11). The number of nitrogens with one attached hydrogen (secondary N) is 2. The lowest BCUT2D eigenvalue weighted by atomic mass is 10.5. The van der Waals surface area contributed by atoms with Gasteiger partial charge in [0.2, 0.25) is 0 Å². The molecule has 0 heterocycles. The van der Waals surface area contributed by atoms with Crippen LogP contribution in [0.4, 0.5) is 4.79 Å². The molecule has 1 fully saturated rings. The number of carbonyl (C=O) groups is 1. The van der Waals surface area contributed by atoms with Crippen molar-refractivity contribution in [3.63, 3.8) is 0 Å². The molecule has 64 valence electrons. The second-order valence-corrected chi connectivity index (χ2v) is 3.10. The Morgan fingerprint density at radius 3 is 2.82 bits per heavy atom. The molecular formula is C7H13ClN2O. The van der Waals surface area contributed by atoms with Gasteiger partial charge in [0.15, 0.2) is 0 Å². The van der Waals surface area contributed by atoms with Gasteiger partial charge in [0, 0.05) is 18.5 Å². The third kappa shape index (κ3) is 4.09. The lowest BCUT2D eigenvalue weighted by molar-refractivity contribution is 0.240. The fourth-order valence-electron chi connectivity index (χ4n) is 0.733. The Morgan fingerprint density at radius 2 is 2.27 bits per heavy atom. The maximum absolute atomic E-state index is 10.9. The van der Waals surface area contributed by atoms with Crippen LogP contribution in [0, 0.1) is 0 Å². The monoisotopic (exact) mass is 176 g/mol. The summed E-state index contributed by atoms with van der Waals surface area (Å²) in [6.45, 7) is 0.669. The third-order valence-corrected chi connectivity index (χ3v) is 1.78. The fraction of sp³-hybridized carbons (Fsp3) is 0.857. The maximum Gasteiger partial charge on any atom is 0.315 e. The molecule has 0 radical (unpaired) electrons. The second kappa shape index (κ2) is 4.44. The number of carbonyl (C=O) groups excluding carboxylic acids is 1. The zero-order valence-corrected chi connectivity index (χ0v) is 7.16. The highest BCUT2D eigenvalue weighted by molar-refractivity contribution is 6.17. The molecule has 11 heavy (non-hydrogen) atoms. The molecule has 0 bridgehead atoms. The highest BCUT2D eigenvalue weighted by Gasteiger charge is 2.22. The van der Waals surface area contributed by atoms with Gasteiger partial charge in [0.1, 0.15) is 0 Å².